The van der Waals surface area contributed by atoms with E-state index in [2.05, 4.69) is 11.4 Å². The van der Waals surface area contributed by atoms with E-state index in [1.54, 1.807) is 0 Å². The maximum atomic E-state index is 6.04. The Labute approximate surface area is 115 Å². The molecule has 0 fully saturated rings. The number of ether oxygens (including phenoxy) is 3. The topological polar surface area (TPSA) is 39.7 Å². The number of likely N-dealkylation sites (N-methyl/N-ethyl adjacent to an activating group) is 1. The van der Waals surface area contributed by atoms with Gasteiger partial charge in [0.05, 0.1) is 18.8 Å². The molecule has 19 heavy (non-hydrogen) atoms. The van der Waals surface area contributed by atoms with Crippen molar-refractivity contribution in [1.29, 1.82) is 0 Å². The molecule has 0 saturated carbocycles. The Bertz CT molecular complexity index is 397. The highest BCUT2D eigenvalue weighted by Crippen LogP contribution is 2.33. The van der Waals surface area contributed by atoms with Crippen molar-refractivity contribution in [3.63, 3.8) is 0 Å². The van der Waals surface area contributed by atoms with E-state index in [1.807, 2.05) is 39.1 Å². The Kier molecular flexibility index (Phi) is 5.19. The molecule has 3 unspecified atom stereocenters. The molecule has 0 aromatic heterocycles. The van der Waals surface area contributed by atoms with Crippen LogP contribution < -0.4 is 10.1 Å². The van der Waals surface area contributed by atoms with Crippen LogP contribution in [0.4, 0.5) is 0 Å². The number of hydrogen-bond donors (Lipinski definition) is 1. The van der Waals surface area contributed by atoms with Gasteiger partial charge in [0.25, 0.3) is 0 Å². The van der Waals surface area contributed by atoms with E-state index >= 15 is 0 Å². The normalized spacial score (nSPS) is 23.5. The lowest BCUT2D eigenvalue weighted by atomic mass is 9.98. The summed E-state index contributed by atoms with van der Waals surface area (Å²) < 4.78 is 17.2. The van der Waals surface area contributed by atoms with Gasteiger partial charge in [-0.3, -0.25) is 0 Å². The zero-order chi connectivity index (χ0) is 13.7. The first kappa shape index (κ1) is 14.3. The summed E-state index contributed by atoms with van der Waals surface area (Å²) in [5, 5.41) is 3.33. The van der Waals surface area contributed by atoms with Crippen LogP contribution in [0.3, 0.4) is 0 Å². The summed E-state index contributed by atoms with van der Waals surface area (Å²) in [6.45, 7) is 5.92. The molecule has 0 radical (unpaired) electrons. The summed E-state index contributed by atoms with van der Waals surface area (Å²) in [6.07, 6.45) is 0.0741. The summed E-state index contributed by atoms with van der Waals surface area (Å²) in [7, 11) is 1.95. The lowest BCUT2D eigenvalue weighted by Crippen LogP contribution is -2.42. The van der Waals surface area contributed by atoms with Crippen LogP contribution in [0.5, 0.6) is 5.75 Å². The number of benzene rings is 1. The van der Waals surface area contributed by atoms with Gasteiger partial charge in [0.2, 0.25) is 0 Å². The predicted molar refractivity (Wildman–Crippen MR) is 74.6 cm³/mol. The number of rotatable bonds is 6. The van der Waals surface area contributed by atoms with Crippen LogP contribution in [0.2, 0.25) is 0 Å². The van der Waals surface area contributed by atoms with Gasteiger partial charge < -0.3 is 19.5 Å². The lowest BCUT2D eigenvalue weighted by molar-refractivity contribution is -0.0803. The number of para-hydroxylation sites is 1. The van der Waals surface area contributed by atoms with Crippen molar-refractivity contribution < 1.29 is 14.2 Å². The Balaban J connectivity index is 2.03. The molecule has 1 N–H and O–H groups in total. The maximum absolute atomic E-state index is 6.04. The fourth-order valence-electron chi connectivity index (χ4n) is 2.42. The number of fused-ring (bicyclic) bond motifs is 1. The van der Waals surface area contributed by atoms with Gasteiger partial charge in [-0.25, -0.2) is 0 Å². The Morgan fingerprint density at radius 2 is 2.21 bits per heavy atom. The van der Waals surface area contributed by atoms with E-state index in [0.29, 0.717) is 19.8 Å². The first-order valence-corrected chi connectivity index (χ1v) is 6.88. The largest absolute Gasteiger partial charge is 0.490 e. The Morgan fingerprint density at radius 1 is 1.42 bits per heavy atom. The molecule has 0 spiro atoms. The fraction of sp³-hybridized carbons (Fsp3) is 0.600. The monoisotopic (exact) mass is 265 g/mol. The molecule has 1 aromatic rings. The molecule has 1 aliphatic heterocycles. The van der Waals surface area contributed by atoms with E-state index in [9.17, 15) is 0 Å². The van der Waals surface area contributed by atoms with Crippen LogP contribution in [-0.2, 0) is 9.47 Å². The van der Waals surface area contributed by atoms with Crippen molar-refractivity contribution >= 4 is 0 Å². The third kappa shape index (κ3) is 3.47. The van der Waals surface area contributed by atoms with Gasteiger partial charge in [-0.15, -0.1) is 0 Å². The standard InChI is InChI=1S/C15H23NO3/c1-4-17-9-11(2)19-14-10-18-13-8-6-5-7-12(13)15(14)16-3/h5-8,11,14-16H,4,9-10H2,1-3H3. The molecule has 0 aliphatic carbocycles. The smallest absolute Gasteiger partial charge is 0.124 e. The molecule has 3 atom stereocenters. The van der Waals surface area contributed by atoms with Gasteiger partial charge in [0.15, 0.2) is 0 Å². The summed E-state index contributed by atoms with van der Waals surface area (Å²) in [4.78, 5) is 0. The molecule has 0 bridgehead atoms. The summed E-state index contributed by atoms with van der Waals surface area (Å²) in [5.74, 6) is 0.944. The SMILES string of the molecule is CCOCC(C)OC1COc2ccccc2C1NC. The molecule has 4 nitrogen and oxygen atoms in total. The number of nitrogens with one attached hydrogen (secondary N) is 1. The highest BCUT2D eigenvalue weighted by Gasteiger charge is 2.31. The van der Waals surface area contributed by atoms with Gasteiger partial charge in [-0.2, -0.15) is 0 Å². The van der Waals surface area contributed by atoms with Gasteiger partial charge in [-0.05, 0) is 27.0 Å². The highest BCUT2D eigenvalue weighted by molar-refractivity contribution is 5.38. The minimum absolute atomic E-state index is 0.00959. The first-order chi connectivity index (χ1) is 9.26. The second-order valence-electron chi connectivity index (χ2n) is 4.76. The molecular weight excluding hydrogens is 242 g/mol. The summed E-state index contributed by atoms with van der Waals surface area (Å²) in [5.41, 5.74) is 1.16. The van der Waals surface area contributed by atoms with Crippen LogP contribution >= 0.6 is 0 Å². The van der Waals surface area contributed by atoms with Gasteiger partial charge in [0.1, 0.15) is 18.5 Å². The molecule has 4 heteroatoms. The summed E-state index contributed by atoms with van der Waals surface area (Å²) in [6, 6.07) is 8.26. The molecule has 0 amide bonds. The van der Waals surface area contributed by atoms with Crippen molar-refractivity contribution in [2.75, 3.05) is 26.9 Å². The molecular formula is C15H23NO3. The molecule has 2 rings (SSSR count). The molecule has 1 heterocycles. The lowest BCUT2D eigenvalue weighted by Gasteiger charge is -2.34. The first-order valence-electron chi connectivity index (χ1n) is 6.88. The van der Waals surface area contributed by atoms with Crippen LogP contribution in [0.15, 0.2) is 24.3 Å². The van der Waals surface area contributed by atoms with Crippen LogP contribution in [0.1, 0.15) is 25.5 Å². The minimum atomic E-state index is 0.00959. The van der Waals surface area contributed by atoms with E-state index in [4.69, 9.17) is 14.2 Å². The average molecular weight is 265 g/mol. The van der Waals surface area contributed by atoms with Crippen molar-refractivity contribution in [1.82, 2.24) is 5.32 Å². The minimum Gasteiger partial charge on any atom is -0.490 e. The Hall–Kier alpha value is -1.10. The third-order valence-corrected chi connectivity index (χ3v) is 3.30. The Morgan fingerprint density at radius 3 is 2.95 bits per heavy atom. The zero-order valence-electron chi connectivity index (χ0n) is 11.9. The predicted octanol–water partition coefficient (Wildman–Crippen LogP) is 2.15. The molecule has 0 saturated heterocycles. The van der Waals surface area contributed by atoms with Gasteiger partial charge >= 0.3 is 0 Å². The van der Waals surface area contributed by atoms with Crippen molar-refractivity contribution in [2.45, 2.75) is 32.1 Å². The van der Waals surface area contributed by atoms with E-state index in [-0.39, 0.29) is 18.2 Å². The molecule has 1 aliphatic rings. The molecule has 106 valence electrons. The highest BCUT2D eigenvalue weighted by atomic mass is 16.6. The van der Waals surface area contributed by atoms with Crippen LogP contribution in [0.25, 0.3) is 0 Å². The molecule has 1 aromatic carbocycles. The second kappa shape index (κ2) is 6.89. The van der Waals surface area contributed by atoms with Crippen molar-refractivity contribution in [3.8, 4) is 5.75 Å². The van der Waals surface area contributed by atoms with Gasteiger partial charge in [0, 0.05) is 12.2 Å². The fourth-order valence-corrected chi connectivity index (χ4v) is 2.42. The van der Waals surface area contributed by atoms with Gasteiger partial charge in [-0.1, -0.05) is 18.2 Å². The second-order valence-corrected chi connectivity index (χ2v) is 4.76. The van der Waals surface area contributed by atoms with E-state index in [0.717, 1.165) is 11.3 Å². The third-order valence-electron chi connectivity index (χ3n) is 3.30. The zero-order valence-corrected chi connectivity index (χ0v) is 11.9. The number of hydrogen-bond acceptors (Lipinski definition) is 4. The maximum Gasteiger partial charge on any atom is 0.124 e. The van der Waals surface area contributed by atoms with Crippen molar-refractivity contribution in [3.05, 3.63) is 29.8 Å². The van der Waals surface area contributed by atoms with Crippen molar-refractivity contribution in [2.24, 2.45) is 0 Å². The summed E-state index contributed by atoms with van der Waals surface area (Å²) >= 11 is 0. The van der Waals surface area contributed by atoms with Crippen LogP contribution in [-0.4, -0.2) is 39.1 Å². The average Bonchev–Trinajstić information content (AvgIpc) is 2.45. The quantitative estimate of drug-likeness (QED) is 0.855. The van der Waals surface area contributed by atoms with E-state index in [1.165, 1.54) is 0 Å². The van der Waals surface area contributed by atoms with Crippen LogP contribution in [0, 0.1) is 0 Å². The van der Waals surface area contributed by atoms with E-state index < -0.39 is 0 Å².